The first-order chi connectivity index (χ1) is 10.2. The average molecular weight is 300 g/mol. The highest BCUT2D eigenvalue weighted by Gasteiger charge is 2.12. The zero-order chi connectivity index (χ0) is 15.1. The lowest BCUT2D eigenvalue weighted by atomic mass is 10.2. The lowest BCUT2D eigenvalue weighted by Crippen LogP contribution is -2.17. The number of nitrogens with zero attached hydrogens (tertiary/aromatic N) is 3. The van der Waals surface area contributed by atoms with Gasteiger partial charge in [-0.25, -0.2) is 4.98 Å². The Morgan fingerprint density at radius 1 is 1.62 bits per heavy atom. The highest BCUT2D eigenvalue weighted by molar-refractivity contribution is 7.13. The zero-order valence-electron chi connectivity index (χ0n) is 11.7. The number of amides is 1. The Kier molecular flexibility index (Phi) is 5.22. The van der Waals surface area contributed by atoms with Crippen LogP contribution in [-0.4, -0.2) is 22.2 Å². The molecule has 2 heterocycles. The molecular formula is C15H16N4OS. The van der Waals surface area contributed by atoms with Crippen molar-refractivity contribution in [1.82, 2.24) is 9.55 Å². The number of thiazole rings is 1. The fourth-order valence-corrected chi connectivity index (χ4v) is 2.31. The number of hydrogen-bond donors (Lipinski definition) is 1. The smallest absolute Gasteiger partial charge is 0.274 e. The van der Waals surface area contributed by atoms with Crippen LogP contribution in [-0.2, 0) is 6.54 Å². The number of hydrogen-bond acceptors (Lipinski definition) is 4. The minimum Gasteiger partial charge on any atom is -0.339 e. The van der Waals surface area contributed by atoms with Crippen LogP contribution in [0.4, 0.5) is 5.13 Å². The summed E-state index contributed by atoms with van der Waals surface area (Å²) in [5.74, 6) is -0.170. The van der Waals surface area contributed by atoms with Crippen LogP contribution in [0.5, 0.6) is 0 Å². The SMILES string of the molecule is C=N/C=C\C(=C/C)Cn1cccc1C(=O)Nc1nccs1. The van der Waals surface area contributed by atoms with Crippen LogP contribution in [0.1, 0.15) is 17.4 Å². The quantitative estimate of drug-likeness (QED) is 0.657. The zero-order valence-corrected chi connectivity index (χ0v) is 12.5. The molecule has 108 valence electrons. The summed E-state index contributed by atoms with van der Waals surface area (Å²) >= 11 is 1.39. The lowest BCUT2D eigenvalue weighted by Gasteiger charge is -2.09. The third-order valence-corrected chi connectivity index (χ3v) is 3.52. The number of rotatable bonds is 6. The molecule has 2 aromatic heterocycles. The molecule has 0 aliphatic rings. The van der Waals surface area contributed by atoms with E-state index >= 15 is 0 Å². The van der Waals surface area contributed by atoms with Gasteiger partial charge in [-0.05, 0) is 37.4 Å². The largest absolute Gasteiger partial charge is 0.339 e. The van der Waals surface area contributed by atoms with Gasteiger partial charge in [0.05, 0.1) is 0 Å². The van der Waals surface area contributed by atoms with Gasteiger partial charge >= 0.3 is 0 Å². The van der Waals surface area contributed by atoms with Crippen LogP contribution >= 0.6 is 11.3 Å². The predicted molar refractivity (Wildman–Crippen MR) is 86.9 cm³/mol. The van der Waals surface area contributed by atoms with Gasteiger partial charge in [-0.1, -0.05) is 6.08 Å². The molecule has 0 aliphatic heterocycles. The number of anilines is 1. The van der Waals surface area contributed by atoms with Crippen molar-refractivity contribution in [2.45, 2.75) is 13.5 Å². The molecular weight excluding hydrogens is 284 g/mol. The number of carbonyl (C=O) groups is 1. The van der Waals surface area contributed by atoms with Gasteiger partial charge in [0.25, 0.3) is 5.91 Å². The van der Waals surface area contributed by atoms with Crippen LogP contribution in [0.25, 0.3) is 0 Å². The van der Waals surface area contributed by atoms with Gasteiger partial charge in [0.2, 0.25) is 0 Å². The summed E-state index contributed by atoms with van der Waals surface area (Å²) in [4.78, 5) is 20.0. The summed E-state index contributed by atoms with van der Waals surface area (Å²) in [6.07, 6.45) is 9.01. The van der Waals surface area contributed by atoms with Gasteiger partial charge in [0.1, 0.15) is 5.69 Å². The number of aromatic nitrogens is 2. The van der Waals surface area contributed by atoms with E-state index in [2.05, 4.69) is 22.0 Å². The molecule has 1 N–H and O–H groups in total. The van der Waals surface area contributed by atoms with E-state index in [1.54, 1.807) is 18.5 Å². The maximum Gasteiger partial charge on any atom is 0.274 e. The summed E-state index contributed by atoms with van der Waals surface area (Å²) in [6, 6.07) is 3.63. The number of nitrogens with one attached hydrogen (secondary N) is 1. The van der Waals surface area contributed by atoms with E-state index < -0.39 is 0 Å². The fraction of sp³-hybridized carbons (Fsp3) is 0.133. The van der Waals surface area contributed by atoms with Crippen molar-refractivity contribution in [2.75, 3.05) is 5.32 Å². The molecule has 0 bridgehead atoms. The minimum atomic E-state index is -0.170. The third-order valence-electron chi connectivity index (χ3n) is 2.83. The Labute approximate surface area is 127 Å². The molecule has 0 aromatic carbocycles. The monoisotopic (exact) mass is 300 g/mol. The second kappa shape index (κ2) is 7.35. The van der Waals surface area contributed by atoms with Gasteiger partial charge in [-0.2, -0.15) is 0 Å². The Morgan fingerprint density at radius 3 is 3.14 bits per heavy atom. The highest BCUT2D eigenvalue weighted by Crippen LogP contribution is 2.14. The summed E-state index contributed by atoms with van der Waals surface area (Å²) in [5, 5.41) is 5.19. The van der Waals surface area contributed by atoms with Crippen molar-refractivity contribution >= 4 is 29.1 Å². The van der Waals surface area contributed by atoms with Crippen molar-refractivity contribution < 1.29 is 4.79 Å². The number of carbonyl (C=O) groups excluding carboxylic acids is 1. The number of aliphatic imine (C=N–C) groups is 1. The second-order valence-electron chi connectivity index (χ2n) is 4.17. The van der Waals surface area contributed by atoms with Crippen molar-refractivity contribution in [3.05, 3.63) is 59.5 Å². The van der Waals surface area contributed by atoms with E-state index in [0.29, 0.717) is 17.4 Å². The van der Waals surface area contributed by atoms with E-state index in [1.165, 1.54) is 11.3 Å². The maximum atomic E-state index is 12.2. The topological polar surface area (TPSA) is 59.3 Å². The summed E-state index contributed by atoms with van der Waals surface area (Å²) in [5.41, 5.74) is 1.63. The average Bonchev–Trinajstić information content (AvgIpc) is 3.14. The fourth-order valence-electron chi connectivity index (χ4n) is 1.79. The van der Waals surface area contributed by atoms with Crippen LogP contribution in [0.2, 0.25) is 0 Å². The van der Waals surface area contributed by atoms with E-state index in [9.17, 15) is 4.79 Å². The molecule has 0 spiro atoms. The Hall–Kier alpha value is -2.47. The summed E-state index contributed by atoms with van der Waals surface area (Å²) in [6.45, 7) is 5.95. The van der Waals surface area contributed by atoms with Crippen molar-refractivity contribution in [2.24, 2.45) is 4.99 Å². The highest BCUT2D eigenvalue weighted by atomic mass is 32.1. The lowest BCUT2D eigenvalue weighted by molar-refractivity contribution is 0.101. The molecule has 0 saturated heterocycles. The van der Waals surface area contributed by atoms with Crippen LogP contribution in [0.3, 0.4) is 0 Å². The second-order valence-corrected chi connectivity index (χ2v) is 5.07. The Balaban J connectivity index is 2.12. The van der Waals surface area contributed by atoms with Gasteiger partial charge in [-0.15, -0.1) is 11.3 Å². The third kappa shape index (κ3) is 4.00. The van der Waals surface area contributed by atoms with Crippen LogP contribution < -0.4 is 5.32 Å². The first-order valence-electron chi connectivity index (χ1n) is 6.38. The predicted octanol–water partition coefficient (Wildman–Crippen LogP) is 3.36. The van der Waals surface area contributed by atoms with E-state index in [0.717, 1.165) is 5.57 Å². The maximum absolute atomic E-state index is 12.2. The molecule has 2 aromatic rings. The normalized spacial score (nSPS) is 11.8. The van der Waals surface area contributed by atoms with Gasteiger partial charge in [0, 0.05) is 30.5 Å². The molecule has 0 fully saturated rings. The molecule has 0 unspecified atom stereocenters. The first kappa shape index (κ1) is 14.9. The van der Waals surface area contributed by atoms with E-state index in [4.69, 9.17) is 0 Å². The van der Waals surface area contributed by atoms with Crippen LogP contribution in [0.15, 0.2) is 58.8 Å². The van der Waals surface area contributed by atoms with Crippen molar-refractivity contribution in [1.29, 1.82) is 0 Å². The molecule has 0 radical (unpaired) electrons. The molecule has 0 atom stereocenters. The minimum absolute atomic E-state index is 0.170. The molecule has 5 nitrogen and oxygen atoms in total. The van der Waals surface area contributed by atoms with E-state index in [-0.39, 0.29) is 5.91 Å². The molecule has 1 amide bonds. The molecule has 0 aliphatic carbocycles. The summed E-state index contributed by atoms with van der Waals surface area (Å²) in [7, 11) is 0. The molecule has 6 heteroatoms. The standard InChI is InChI=1S/C15H16N4OS/c1-3-12(6-7-16-2)11-19-9-4-5-13(19)14(20)18-15-17-8-10-21-15/h3-10H,2,11H2,1H3,(H,17,18,20)/b7-6-,12-3+. The molecule has 0 saturated carbocycles. The summed E-state index contributed by atoms with van der Waals surface area (Å²) < 4.78 is 1.88. The van der Waals surface area contributed by atoms with E-state index in [1.807, 2.05) is 41.3 Å². The number of allylic oxidation sites excluding steroid dienone is 3. The van der Waals surface area contributed by atoms with Gasteiger partial charge in [0.15, 0.2) is 5.13 Å². The van der Waals surface area contributed by atoms with Gasteiger partial charge in [-0.3, -0.25) is 15.1 Å². The van der Waals surface area contributed by atoms with Crippen molar-refractivity contribution in [3.63, 3.8) is 0 Å². The van der Waals surface area contributed by atoms with Crippen LogP contribution in [0, 0.1) is 0 Å². The molecule has 2 rings (SSSR count). The Bertz CT molecular complexity index is 668. The van der Waals surface area contributed by atoms with Crippen molar-refractivity contribution in [3.8, 4) is 0 Å². The first-order valence-corrected chi connectivity index (χ1v) is 7.26. The van der Waals surface area contributed by atoms with Gasteiger partial charge < -0.3 is 4.57 Å². The Morgan fingerprint density at radius 2 is 2.48 bits per heavy atom. The molecule has 21 heavy (non-hydrogen) atoms.